The van der Waals surface area contributed by atoms with Crippen molar-refractivity contribution in [2.45, 2.75) is 13.3 Å². The van der Waals surface area contributed by atoms with Gasteiger partial charge in [0, 0.05) is 38.8 Å². The van der Waals surface area contributed by atoms with E-state index in [2.05, 4.69) is 15.5 Å². The summed E-state index contributed by atoms with van der Waals surface area (Å²) in [7, 11) is 3.58. The second kappa shape index (κ2) is 7.43. The van der Waals surface area contributed by atoms with Crippen LogP contribution in [0.5, 0.6) is 0 Å². The van der Waals surface area contributed by atoms with Crippen molar-refractivity contribution in [1.29, 1.82) is 0 Å². The van der Waals surface area contributed by atoms with E-state index in [-0.39, 0.29) is 11.8 Å². The molecule has 0 radical (unpaired) electrons. The molecule has 136 valence electrons. The number of nitrogens with one attached hydrogen (secondary N) is 2. The molecule has 0 fully saturated rings. The summed E-state index contributed by atoms with van der Waals surface area (Å²) in [4.78, 5) is 26.3. The second-order valence-electron chi connectivity index (χ2n) is 6.46. The highest BCUT2D eigenvalue weighted by Gasteiger charge is 2.18. The number of H-pyrrole nitrogens is 1. The highest BCUT2D eigenvalue weighted by Crippen LogP contribution is 2.18. The minimum Gasteiger partial charge on any atom is -0.351 e. The van der Waals surface area contributed by atoms with Crippen LogP contribution in [0.25, 0.3) is 10.9 Å². The molecule has 2 amide bonds. The van der Waals surface area contributed by atoms with E-state index < -0.39 is 0 Å². The van der Waals surface area contributed by atoms with Gasteiger partial charge in [0.05, 0.1) is 5.52 Å². The van der Waals surface area contributed by atoms with Gasteiger partial charge in [-0.3, -0.25) is 14.7 Å². The SMILES string of the molecule is Cc1ccc2[nH]nc(C(=O)N(C)CCCNC(=O)c3cccn3C)c2c1. The van der Waals surface area contributed by atoms with Gasteiger partial charge in [-0.1, -0.05) is 11.6 Å². The second-order valence-corrected chi connectivity index (χ2v) is 6.46. The number of carbonyl (C=O) groups is 2. The van der Waals surface area contributed by atoms with E-state index in [0.29, 0.717) is 30.9 Å². The first-order valence-corrected chi connectivity index (χ1v) is 8.57. The van der Waals surface area contributed by atoms with Crippen molar-refractivity contribution in [3.05, 3.63) is 53.5 Å². The van der Waals surface area contributed by atoms with Crippen LogP contribution in [-0.4, -0.2) is 51.6 Å². The molecule has 26 heavy (non-hydrogen) atoms. The molecule has 0 saturated carbocycles. The predicted octanol–water partition coefficient (Wildman–Crippen LogP) is 2.10. The molecular weight excluding hydrogens is 330 g/mol. The largest absolute Gasteiger partial charge is 0.351 e. The zero-order chi connectivity index (χ0) is 18.7. The number of rotatable bonds is 6. The Kier molecular flexibility index (Phi) is 5.06. The molecule has 3 rings (SSSR count). The molecule has 0 aliphatic carbocycles. The lowest BCUT2D eigenvalue weighted by atomic mass is 10.1. The molecule has 2 heterocycles. The Bertz CT molecular complexity index is 940. The lowest BCUT2D eigenvalue weighted by molar-refractivity contribution is 0.0789. The topological polar surface area (TPSA) is 83.0 Å². The summed E-state index contributed by atoms with van der Waals surface area (Å²) in [6.07, 6.45) is 2.50. The Hall–Kier alpha value is -3.09. The number of aryl methyl sites for hydroxylation is 2. The normalized spacial score (nSPS) is 10.9. The van der Waals surface area contributed by atoms with E-state index in [1.165, 1.54) is 0 Å². The highest BCUT2D eigenvalue weighted by atomic mass is 16.2. The molecule has 0 spiro atoms. The molecule has 0 unspecified atom stereocenters. The van der Waals surface area contributed by atoms with Crippen molar-refractivity contribution in [1.82, 2.24) is 25.0 Å². The summed E-state index contributed by atoms with van der Waals surface area (Å²) in [5.74, 6) is -0.240. The summed E-state index contributed by atoms with van der Waals surface area (Å²) in [5.41, 5.74) is 2.98. The standard InChI is InChI=1S/C19H23N5O2/c1-13-7-8-15-14(12-13)17(22-21-15)19(26)24(3)11-5-9-20-18(25)16-6-4-10-23(16)2/h4,6-8,10,12H,5,9,11H2,1-3H3,(H,20,25)(H,21,22). The van der Waals surface area contributed by atoms with Gasteiger partial charge in [-0.2, -0.15) is 5.10 Å². The minimum absolute atomic E-state index is 0.111. The van der Waals surface area contributed by atoms with Gasteiger partial charge in [-0.25, -0.2) is 0 Å². The summed E-state index contributed by atoms with van der Waals surface area (Å²) in [6.45, 7) is 3.02. The van der Waals surface area contributed by atoms with Crippen molar-refractivity contribution in [2.75, 3.05) is 20.1 Å². The molecule has 2 aromatic heterocycles. The Morgan fingerprint density at radius 1 is 1.31 bits per heavy atom. The van der Waals surface area contributed by atoms with Gasteiger partial charge in [0.15, 0.2) is 5.69 Å². The van der Waals surface area contributed by atoms with E-state index in [1.54, 1.807) is 22.6 Å². The van der Waals surface area contributed by atoms with Gasteiger partial charge in [0.25, 0.3) is 11.8 Å². The Morgan fingerprint density at radius 3 is 2.85 bits per heavy atom. The Labute approximate surface area is 152 Å². The van der Waals surface area contributed by atoms with Crippen LogP contribution in [0, 0.1) is 6.92 Å². The highest BCUT2D eigenvalue weighted by molar-refractivity contribution is 6.04. The molecule has 0 bridgehead atoms. The van der Waals surface area contributed by atoms with Crippen LogP contribution in [0.15, 0.2) is 36.5 Å². The number of nitrogens with zero attached hydrogens (tertiary/aromatic N) is 3. The van der Waals surface area contributed by atoms with Crippen LogP contribution in [0.1, 0.15) is 33.0 Å². The molecule has 0 aliphatic heterocycles. The average Bonchev–Trinajstić information content (AvgIpc) is 3.23. The van der Waals surface area contributed by atoms with Crippen LogP contribution in [0.2, 0.25) is 0 Å². The molecule has 0 atom stereocenters. The third-order valence-electron chi connectivity index (χ3n) is 4.40. The van der Waals surface area contributed by atoms with E-state index in [9.17, 15) is 9.59 Å². The van der Waals surface area contributed by atoms with Gasteiger partial charge in [-0.05, 0) is 37.6 Å². The monoisotopic (exact) mass is 353 g/mol. The number of hydrogen-bond donors (Lipinski definition) is 2. The lowest BCUT2D eigenvalue weighted by Crippen LogP contribution is -2.32. The van der Waals surface area contributed by atoms with Crippen LogP contribution in [0.4, 0.5) is 0 Å². The zero-order valence-electron chi connectivity index (χ0n) is 15.2. The molecule has 7 heteroatoms. The molecule has 1 aromatic carbocycles. The summed E-state index contributed by atoms with van der Waals surface area (Å²) in [5, 5.41) is 10.8. The van der Waals surface area contributed by atoms with E-state index in [0.717, 1.165) is 16.5 Å². The number of amides is 2. The number of carbonyl (C=O) groups excluding carboxylic acids is 2. The van der Waals surface area contributed by atoms with Crippen LogP contribution >= 0.6 is 0 Å². The first kappa shape index (κ1) is 17.7. The number of aromatic amines is 1. The Balaban J connectivity index is 1.54. The fourth-order valence-electron chi connectivity index (χ4n) is 2.88. The van der Waals surface area contributed by atoms with Crippen molar-refractivity contribution >= 4 is 22.7 Å². The summed E-state index contributed by atoms with van der Waals surface area (Å²) >= 11 is 0. The number of hydrogen-bond acceptors (Lipinski definition) is 3. The van der Waals surface area contributed by atoms with Crippen LogP contribution in [-0.2, 0) is 7.05 Å². The molecule has 7 nitrogen and oxygen atoms in total. The van der Waals surface area contributed by atoms with Crippen molar-refractivity contribution in [2.24, 2.45) is 7.05 Å². The van der Waals surface area contributed by atoms with Gasteiger partial charge < -0.3 is 14.8 Å². The maximum absolute atomic E-state index is 12.6. The lowest BCUT2D eigenvalue weighted by Gasteiger charge is -2.16. The van der Waals surface area contributed by atoms with E-state index >= 15 is 0 Å². The predicted molar refractivity (Wildman–Crippen MR) is 100 cm³/mol. The first-order chi connectivity index (χ1) is 12.5. The maximum atomic E-state index is 12.6. The molecule has 0 saturated heterocycles. The zero-order valence-corrected chi connectivity index (χ0v) is 15.2. The van der Waals surface area contributed by atoms with Crippen molar-refractivity contribution < 1.29 is 9.59 Å². The number of aromatic nitrogens is 3. The Morgan fingerprint density at radius 2 is 2.12 bits per heavy atom. The smallest absolute Gasteiger partial charge is 0.274 e. The summed E-state index contributed by atoms with van der Waals surface area (Å²) < 4.78 is 1.77. The number of benzene rings is 1. The maximum Gasteiger partial charge on any atom is 0.274 e. The van der Waals surface area contributed by atoms with Crippen LogP contribution in [0.3, 0.4) is 0 Å². The van der Waals surface area contributed by atoms with Gasteiger partial charge in [0.2, 0.25) is 0 Å². The van der Waals surface area contributed by atoms with Gasteiger partial charge in [0.1, 0.15) is 5.69 Å². The molecule has 2 N–H and O–H groups in total. The van der Waals surface area contributed by atoms with Crippen LogP contribution < -0.4 is 5.32 Å². The van der Waals surface area contributed by atoms with Crippen molar-refractivity contribution in [3.8, 4) is 0 Å². The average molecular weight is 353 g/mol. The summed E-state index contributed by atoms with van der Waals surface area (Å²) in [6, 6.07) is 9.47. The third kappa shape index (κ3) is 3.61. The van der Waals surface area contributed by atoms with E-state index in [1.807, 2.05) is 44.4 Å². The fourth-order valence-corrected chi connectivity index (χ4v) is 2.88. The third-order valence-corrected chi connectivity index (χ3v) is 4.40. The van der Waals surface area contributed by atoms with E-state index in [4.69, 9.17) is 0 Å². The van der Waals surface area contributed by atoms with Gasteiger partial charge in [-0.15, -0.1) is 0 Å². The molecule has 0 aliphatic rings. The van der Waals surface area contributed by atoms with Gasteiger partial charge >= 0.3 is 0 Å². The number of fused-ring (bicyclic) bond motifs is 1. The fraction of sp³-hybridized carbons (Fsp3) is 0.316. The quantitative estimate of drug-likeness (QED) is 0.666. The first-order valence-electron chi connectivity index (χ1n) is 8.57. The van der Waals surface area contributed by atoms with Crippen molar-refractivity contribution in [3.63, 3.8) is 0 Å². The minimum atomic E-state index is -0.129. The molecule has 3 aromatic rings. The molecular formula is C19H23N5O2.